The van der Waals surface area contributed by atoms with Crippen molar-refractivity contribution in [2.75, 3.05) is 0 Å². The largest absolute Gasteiger partial charge is 0.453 e. The molecular weight excluding hydrogens is 231 g/mol. The Bertz CT molecular complexity index is 572. The molecule has 0 atom stereocenters. The van der Waals surface area contributed by atoms with Gasteiger partial charge in [0.15, 0.2) is 5.82 Å². The van der Waals surface area contributed by atoms with Gasteiger partial charge in [-0.15, -0.1) is 5.10 Å². The predicted octanol–water partition coefficient (Wildman–Crippen LogP) is 2.52. The van der Waals surface area contributed by atoms with Crippen LogP contribution in [0, 0.1) is 0 Å². The van der Waals surface area contributed by atoms with E-state index in [4.69, 9.17) is 0 Å². The van der Waals surface area contributed by atoms with Gasteiger partial charge in [0, 0.05) is 12.1 Å². The summed E-state index contributed by atoms with van der Waals surface area (Å²) in [5.74, 6) is -0.761. The van der Waals surface area contributed by atoms with Crippen LogP contribution in [0.4, 0.5) is 13.2 Å². The monoisotopic (exact) mass is 239 g/mol. The fourth-order valence-corrected chi connectivity index (χ4v) is 2.00. The first-order valence-corrected chi connectivity index (χ1v) is 5.16. The third kappa shape index (κ3) is 1.60. The molecule has 2 heterocycles. The zero-order valence-corrected chi connectivity index (χ0v) is 8.70. The molecule has 1 aromatic heterocycles. The quantitative estimate of drug-likeness (QED) is 0.707. The van der Waals surface area contributed by atoms with Crippen LogP contribution < -0.4 is 0 Å². The number of rotatable bonds is 0. The average molecular weight is 239 g/mol. The second-order valence-corrected chi connectivity index (χ2v) is 3.89. The fourth-order valence-electron chi connectivity index (χ4n) is 2.00. The van der Waals surface area contributed by atoms with Crippen LogP contribution in [0.2, 0.25) is 0 Å². The molecular formula is C11H8F3N3. The predicted molar refractivity (Wildman–Crippen MR) is 54.2 cm³/mol. The van der Waals surface area contributed by atoms with E-state index in [1.165, 1.54) is 4.68 Å². The molecule has 3 nitrogen and oxygen atoms in total. The zero-order valence-electron chi connectivity index (χ0n) is 8.70. The lowest BCUT2D eigenvalue weighted by molar-refractivity contribution is -0.144. The summed E-state index contributed by atoms with van der Waals surface area (Å²) in [6.45, 7) is 0.440. The van der Waals surface area contributed by atoms with Gasteiger partial charge in [-0.25, -0.2) is 9.67 Å². The van der Waals surface area contributed by atoms with E-state index in [1.54, 1.807) is 12.1 Å². The maximum atomic E-state index is 12.5. The van der Waals surface area contributed by atoms with Gasteiger partial charge in [0.25, 0.3) is 5.82 Å². The van der Waals surface area contributed by atoms with Crippen LogP contribution in [-0.4, -0.2) is 14.8 Å². The summed E-state index contributed by atoms with van der Waals surface area (Å²) in [5.41, 5.74) is 1.75. The first-order valence-electron chi connectivity index (χ1n) is 5.16. The van der Waals surface area contributed by atoms with Crippen LogP contribution in [0.15, 0.2) is 24.3 Å². The summed E-state index contributed by atoms with van der Waals surface area (Å²) >= 11 is 0. The highest BCUT2D eigenvalue weighted by Crippen LogP contribution is 2.32. The second kappa shape index (κ2) is 3.32. The van der Waals surface area contributed by atoms with Crippen LogP contribution in [-0.2, 0) is 19.1 Å². The molecule has 0 N–H and O–H groups in total. The normalized spacial score (nSPS) is 14.3. The molecule has 0 fully saturated rings. The van der Waals surface area contributed by atoms with Gasteiger partial charge in [-0.3, -0.25) is 0 Å². The smallest absolute Gasteiger partial charge is 0.245 e. The Hall–Kier alpha value is -1.85. The molecule has 0 spiro atoms. The molecule has 3 rings (SSSR count). The molecule has 17 heavy (non-hydrogen) atoms. The number of aromatic nitrogens is 3. The standard InChI is InChI=1S/C11H8F3N3/c12-11(13,14)10-15-9-8-4-2-1-3-7(8)5-6-17(9)16-10/h1-4H,5-6H2. The molecule has 88 valence electrons. The second-order valence-electron chi connectivity index (χ2n) is 3.89. The Kier molecular flexibility index (Phi) is 2.01. The van der Waals surface area contributed by atoms with E-state index < -0.39 is 12.0 Å². The molecule has 0 radical (unpaired) electrons. The van der Waals surface area contributed by atoms with Gasteiger partial charge in [0.1, 0.15) is 0 Å². The lowest BCUT2D eigenvalue weighted by Crippen LogP contribution is -2.12. The first kappa shape index (κ1) is 10.3. The number of alkyl halides is 3. The van der Waals surface area contributed by atoms with Crippen LogP contribution in [0.5, 0.6) is 0 Å². The maximum Gasteiger partial charge on any atom is 0.453 e. The molecule has 0 aliphatic carbocycles. The molecule has 2 aromatic rings. The Morgan fingerprint density at radius 2 is 1.94 bits per heavy atom. The highest BCUT2D eigenvalue weighted by molar-refractivity contribution is 5.61. The van der Waals surface area contributed by atoms with Gasteiger partial charge in [-0.1, -0.05) is 24.3 Å². The Morgan fingerprint density at radius 3 is 2.71 bits per heavy atom. The number of nitrogens with zero attached hydrogens (tertiary/aromatic N) is 3. The topological polar surface area (TPSA) is 30.7 Å². The van der Waals surface area contributed by atoms with E-state index >= 15 is 0 Å². The Labute approximate surface area is 94.9 Å². The van der Waals surface area contributed by atoms with E-state index in [0.29, 0.717) is 18.8 Å². The molecule has 0 amide bonds. The summed E-state index contributed by atoms with van der Waals surface area (Å²) in [5, 5.41) is 3.50. The van der Waals surface area contributed by atoms with E-state index in [-0.39, 0.29) is 0 Å². The summed E-state index contributed by atoms with van der Waals surface area (Å²) in [6, 6.07) is 7.34. The molecule has 0 unspecified atom stereocenters. The van der Waals surface area contributed by atoms with Crippen molar-refractivity contribution in [2.24, 2.45) is 0 Å². The Balaban J connectivity index is 2.17. The molecule has 0 saturated carbocycles. The van der Waals surface area contributed by atoms with E-state index in [0.717, 1.165) is 11.1 Å². The number of aryl methyl sites for hydroxylation is 2. The Morgan fingerprint density at radius 1 is 1.18 bits per heavy atom. The minimum atomic E-state index is -4.49. The molecule has 0 bridgehead atoms. The summed E-state index contributed by atoms with van der Waals surface area (Å²) < 4.78 is 38.9. The van der Waals surface area contributed by atoms with Gasteiger partial charge < -0.3 is 0 Å². The average Bonchev–Trinajstić information content (AvgIpc) is 2.72. The van der Waals surface area contributed by atoms with E-state index in [2.05, 4.69) is 10.1 Å². The van der Waals surface area contributed by atoms with Crippen molar-refractivity contribution in [3.05, 3.63) is 35.7 Å². The van der Waals surface area contributed by atoms with Crippen molar-refractivity contribution >= 4 is 0 Å². The molecule has 0 saturated heterocycles. The van der Waals surface area contributed by atoms with Crippen molar-refractivity contribution in [2.45, 2.75) is 19.1 Å². The highest BCUT2D eigenvalue weighted by Gasteiger charge is 2.37. The van der Waals surface area contributed by atoms with Crippen molar-refractivity contribution in [3.8, 4) is 11.4 Å². The van der Waals surface area contributed by atoms with Crippen molar-refractivity contribution in [3.63, 3.8) is 0 Å². The summed E-state index contributed by atoms with van der Waals surface area (Å²) in [7, 11) is 0. The molecule has 1 aromatic carbocycles. The van der Waals surface area contributed by atoms with Crippen molar-refractivity contribution < 1.29 is 13.2 Å². The zero-order chi connectivity index (χ0) is 12.0. The minimum Gasteiger partial charge on any atom is -0.245 e. The number of halogens is 3. The van der Waals surface area contributed by atoms with Crippen molar-refractivity contribution in [1.82, 2.24) is 14.8 Å². The third-order valence-electron chi connectivity index (χ3n) is 2.78. The lowest BCUT2D eigenvalue weighted by Gasteiger charge is -2.15. The minimum absolute atomic E-state index is 0.305. The highest BCUT2D eigenvalue weighted by atomic mass is 19.4. The van der Waals surface area contributed by atoms with E-state index in [1.807, 2.05) is 12.1 Å². The van der Waals surface area contributed by atoms with Crippen LogP contribution in [0.25, 0.3) is 11.4 Å². The molecule has 6 heteroatoms. The van der Waals surface area contributed by atoms with Crippen LogP contribution in [0.1, 0.15) is 11.4 Å². The van der Waals surface area contributed by atoms with Gasteiger partial charge in [0.05, 0.1) is 0 Å². The first-order chi connectivity index (χ1) is 8.05. The van der Waals surface area contributed by atoms with Gasteiger partial charge >= 0.3 is 6.18 Å². The molecule has 1 aliphatic rings. The number of benzene rings is 1. The molecule has 1 aliphatic heterocycles. The number of fused-ring (bicyclic) bond motifs is 3. The van der Waals surface area contributed by atoms with Crippen molar-refractivity contribution in [1.29, 1.82) is 0 Å². The lowest BCUT2D eigenvalue weighted by atomic mass is 10.0. The van der Waals surface area contributed by atoms with Gasteiger partial charge in [0.2, 0.25) is 0 Å². The summed E-state index contributed by atoms with van der Waals surface area (Å²) in [6.07, 6.45) is -3.80. The van der Waals surface area contributed by atoms with Gasteiger partial charge in [-0.05, 0) is 12.0 Å². The fraction of sp³-hybridized carbons (Fsp3) is 0.273. The third-order valence-corrected chi connectivity index (χ3v) is 2.78. The van der Waals surface area contributed by atoms with Crippen LogP contribution >= 0.6 is 0 Å². The summed E-state index contributed by atoms with van der Waals surface area (Å²) in [4.78, 5) is 3.59. The SMILES string of the molecule is FC(F)(F)c1nc2n(n1)CCc1ccccc1-2. The van der Waals surface area contributed by atoms with Crippen LogP contribution in [0.3, 0.4) is 0 Å². The number of hydrogen-bond donors (Lipinski definition) is 0. The maximum absolute atomic E-state index is 12.5. The van der Waals surface area contributed by atoms with Gasteiger partial charge in [-0.2, -0.15) is 13.2 Å². The number of hydrogen-bond acceptors (Lipinski definition) is 2. The van der Waals surface area contributed by atoms with E-state index in [9.17, 15) is 13.2 Å².